The van der Waals surface area contributed by atoms with Crippen molar-refractivity contribution in [3.8, 4) is 0 Å². The van der Waals surface area contributed by atoms with E-state index in [2.05, 4.69) is 88.5 Å². The Kier molecular flexibility index (Phi) is 5.59. The highest BCUT2D eigenvalue weighted by molar-refractivity contribution is 5.87. The molecule has 2 heteroatoms. The first kappa shape index (κ1) is 17.3. The first-order valence-corrected chi connectivity index (χ1v) is 8.32. The van der Waals surface area contributed by atoms with Gasteiger partial charge in [-0.1, -0.05) is 81.4 Å². The summed E-state index contributed by atoms with van der Waals surface area (Å²) >= 11 is 0. The Morgan fingerprint density at radius 1 is 0.826 bits per heavy atom. The summed E-state index contributed by atoms with van der Waals surface area (Å²) < 4.78 is 0. The average molecular weight is 308 g/mol. The molecular formula is C21H28N2. The molecule has 122 valence electrons. The Balaban J connectivity index is 2.22. The molecule has 2 aromatic carbocycles. The van der Waals surface area contributed by atoms with Crippen molar-refractivity contribution in [3.05, 3.63) is 71.8 Å². The first-order chi connectivity index (χ1) is 10.9. The van der Waals surface area contributed by atoms with Gasteiger partial charge in [-0.2, -0.15) is 0 Å². The highest BCUT2D eigenvalue weighted by Crippen LogP contribution is 2.23. The molecule has 0 fully saturated rings. The number of hydrogen-bond acceptors (Lipinski definition) is 1. The lowest BCUT2D eigenvalue weighted by atomic mass is 9.93. The highest BCUT2D eigenvalue weighted by Gasteiger charge is 2.22. The molecule has 0 bridgehead atoms. The minimum Gasteiger partial charge on any atom is -0.367 e. The fourth-order valence-electron chi connectivity index (χ4n) is 2.48. The third-order valence-electron chi connectivity index (χ3n) is 3.97. The zero-order valence-corrected chi connectivity index (χ0v) is 14.9. The molecule has 2 rings (SSSR count). The van der Waals surface area contributed by atoms with Gasteiger partial charge in [0.2, 0.25) is 0 Å². The Labute approximate surface area is 140 Å². The predicted molar refractivity (Wildman–Crippen MR) is 99.7 cm³/mol. The summed E-state index contributed by atoms with van der Waals surface area (Å²) in [6.45, 7) is 10.9. The molecule has 0 amide bonds. The van der Waals surface area contributed by atoms with E-state index >= 15 is 0 Å². The van der Waals surface area contributed by atoms with Gasteiger partial charge in [0.05, 0.1) is 6.04 Å². The van der Waals surface area contributed by atoms with Crippen LogP contribution in [0.25, 0.3) is 0 Å². The van der Waals surface area contributed by atoms with Crippen LogP contribution in [-0.4, -0.2) is 5.84 Å². The molecule has 2 aromatic rings. The summed E-state index contributed by atoms with van der Waals surface area (Å²) in [7, 11) is 0. The molecule has 0 heterocycles. The van der Waals surface area contributed by atoms with Crippen LogP contribution in [0.4, 0.5) is 0 Å². The lowest BCUT2D eigenvalue weighted by molar-refractivity contribution is 0.535. The Bertz CT molecular complexity index is 624. The van der Waals surface area contributed by atoms with Crippen molar-refractivity contribution in [1.29, 1.82) is 0 Å². The average Bonchev–Trinajstić information content (AvgIpc) is 2.54. The van der Waals surface area contributed by atoms with Crippen molar-refractivity contribution < 1.29 is 0 Å². The summed E-state index contributed by atoms with van der Waals surface area (Å²) in [5.74, 6) is 1.05. The predicted octanol–water partition coefficient (Wildman–Crippen LogP) is 5.54. The molecule has 23 heavy (non-hydrogen) atoms. The van der Waals surface area contributed by atoms with Crippen LogP contribution in [-0.2, 0) is 0 Å². The summed E-state index contributed by atoms with van der Waals surface area (Å²) in [4.78, 5) is 4.99. The van der Waals surface area contributed by atoms with Crippen molar-refractivity contribution in [2.45, 2.75) is 46.7 Å². The third-order valence-corrected chi connectivity index (χ3v) is 3.97. The van der Waals surface area contributed by atoms with Crippen LogP contribution < -0.4 is 5.32 Å². The third kappa shape index (κ3) is 4.95. The molecule has 2 nitrogen and oxygen atoms in total. The van der Waals surface area contributed by atoms with Crippen molar-refractivity contribution in [1.82, 2.24) is 5.32 Å². The number of aliphatic imine (C=N–C) groups is 1. The molecule has 0 spiro atoms. The van der Waals surface area contributed by atoms with Gasteiger partial charge in [-0.25, -0.2) is 0 Å². The minimum absolute atomic E-state index is 0.0217. The normalized spacial score (nSPS) is 15.1. The molecule has 0 aliphatic heterocycles. The van der Waals surface area contributed by atoms with E-state index in [1.54, 1.807) is 0 Å². The van der Waals surface area contributed by atoms with Crippen molar-refractivity contribution in [2.24, 2.45) is 10.4 Å². The highest BCUT2D eigenvalue weighted by atomic mass is 15.0. The second kappa shape index (κ2) is 7.45. The maximum Gasteiger partial charge on any atom is 0.103 e. The van der Waals surface area contributed by atoms with E-state index in [1.165, 1.54) is 11.1 Å². The van der Waals surface area contributed by atoms with Gasteiger partial charge >= 0.3 is 0 Å². The summed E-state index contributed by atoms with van der Waals surface area (Å²) in [5.41, 5.74) is 2.49. The summed E-state index contributed by atoms with van der Waals surface area (Å²) in [6.07, 6.45) is 0. The van der Waals surface area contributed by atoms with Crippen LogP contribution >= 0.6 is 0 Å². The van der Waals surface area contributed by atoms with E-state index in [4.69, 9.17) is 4.99 Å². The molecular weight excluding hydrogens is 280 g/mol. The molecule has 0 aliphatic rings. The van der Waals surface area contributed by atoms with E-state index in [9.17, 15) is 0 Å². The van der Waals surface area contributed by atoms with Gasteiger partial charge in [0.1, 0.15) is 5.84 Å². The van der Waals surface area contributed by atoms with Crippen LogP contribution in [0, 0.1) is 5.41 Å². The quantitative estimate of drug-likeness (QED) is 0.582. The fraction of sp³-hybridized carbons (Fsp3) is 0.381. The standard InChI is InChI=1S/C21H28N2/c1-16(18-12-8-6-9-13-18)22-20(21(3,4)5)23-17(2)19-14-10-7-11-15-19/h6-17H,1-5H3,(H,22,23)/t16-,17-/m0/s1. The molecule has 0 saturated heterocycles. The van der Waals surface area contributed by atoms with Gasteiger partial charge in [-0.05, 0) is 25.0 Å². The zero-order chi connectivity index (χ0) is 16.9. The van der Waals surface area contributed by atoms with Gasteiger partial charge in [0.25, 0.3) is 0 Å². The number of benzene rings is 2. The lowest BCUT2D eigenvalue weighted by Gasteiger charge is -2.28. The Hall–Kier alpha value is -2.09. The van der Waals surface area contributed by atoms with E-state index in [-0.39, 0.29) is 17.5 Å². The van der Waals surface area contributed by atoms with Crippen LogP contribution in [0.3, 0.4) is 0 Å². The van der Waals surface area contributed by atoms with Crippen LogP contribution in [0.1, 0.15) is 57.8 Å². The van der Waals surface area contributed by atoms with Gasteiger partial charge < -0.3 is 5.32 Å². The number of nitrogens with one attached hydrogen (secondary N) is 1. The van der Waals surface area contributed by atoms with Crippen LogP contribution in [0.2, 0.25) is 0 Å². The second-order valence-electron chi connectivity index (χ2n) is 7.09. The van der Waals surface area contributed by atoms with E-state index in [0.29, 0.717) is 0 Å². The second-order valence-corrected chi connectivity index (χ2v) is 7.09. The Morgan fingerprint density at radius 2 is 1.30 bits per heavy atom. The van der Waals surface area contributed by atoms with E-state index in [1.807, 2.05) is 12.1 Å². The maximum absolute atomic E-state index is 4.99. The molecule has 2 atom stereocenters. The van der Waals surface area contributed by atoms with Crippen molar-refractivity contribution in [3.63, 3.8) is 0 Å². The number of rotatable bonds is 4. The largest absolute Gasteiger partial charge is 0.367 e. The van der Waals surface area contributed by atoms with Gasteiger partial charge in [-0.3, -0.25) is 4.99 Å². The van der Waals surface area contributed by atoms with Crippen molar-refractivity contribution in [2.75, 3.05) is 0 Å². The molecule has 0 saturated carbocycles. The van der Waals surface area contributed by atoms with Gasteiger partial charge in [0.15, 0.2) is 0 Å². The van der Waals surface area contributed by atoms with Gasteiger partial charge in [0, 0.05) is 11.5 Å². The van der Waals surface area contributed by atoms with E-state index < -0.39 is 0 Å². The molecule has 0 aromatic heterocycles. The summed E-state index contributed by atoms with van der Waals surface area (Å²) in [5, 5.41) is 3.62. The maximum atomic E-state index is 4.99. The monoisotopic (exact) mass is 308 g/mol. The molecule has 0 aliphatic carbocycles. The zero-order valence-electron chi connectivity index (χ0n) is 14.9. The van der Waals surface area contributed by atoms with Gasteiger partial charge in [-0.15, -0.1) is 0 Å². The topological polar surface area (TPSA) is 24.4 Å². The fourth-order valence-corrected chi connectivity index (χ4v) is 2.48. The smallest absolute Gasteiger partial charge is 0.103 e. The number of hydrogen-bond donors (Lipinski definition) is 1. The number of amidine groups is 1. The van der Waals surface area contributed by atoms with Crippen LogP contribution in [0.5, 0.6) is 0 Å². The minimum atomic E-state index is -0.0217. The molecule has 1 N–H and O–H groups in total. The molecule has 0 radical (unpaired) electrons. The van der Waals surface area contributed by atoms with Crippen molar-refractivity contribution >= 4 is 5.84 Å². The number of nitrogens with zero attached hydrogens (tertiary/aromatic N) is 1. The Morgan fingerprint density at radius 3 is 1.78 bits per heavy atom. The van der Waals surface area contributed by atoms with Crippen LogP contribution in [0.15, 0.2) is 65.7 Å². The first-order valence-electron chi connectivity index (χ1n) is 8.32. The lowest BCUT2D eigenvalue weighted by Crippen LogP contribution is -2.37. The van der Waals surface area contributed by atoms with E-state index in [0.717, 1.165) is 5.84 Å². The SMILES string of the molecule is C[C@H](N=C(N[C@@H](C)c1ccccc1)C(C)(C)C)c1ccccc1. The molecule has 0 unspecified atom stereocenters. The summed E-state index contributed by atoms with van der Waals surface area (Å²) in [6, 6.07) is 21.3.